The minimum atomic E-state index is -5.94. The van der Waals surface area contributed by atoms with E-state index in [0.717, 1.165) is 0 Å². The van der Waals surface area contributed by atoms with Crippen LogP contribution in [0.4, 0.5) is 22.0 Å². The van der Waals surface area contributed by atoms with Crippen LogP contribution in [0.3, 0.4) is 0 Å². The highest BCUT2D eigenvalue weighted by Gasteiger charge is 2.62. The molecule has 1 heterocycles. The summed E-state index contributed by atoms with van der Waals surface area (Å²) in [7, 11) is 0. The SMILES string of the molecule is FC(F)(F)C(F)(F)c1nc2c(Cl)c(Cl)c(Cl)c(Cl)c2n1OCCCl. The normalized spacial score (nSPS) is 12.9. The summed E-state index contributed by atoms with van der Waals surface area (Å²) in [6, 6.07) is 0. The molecule has 13 heteroatoms. The van der Waals surface area contributed by atoms with E-state index < -0.39 is 45.6 Å². The van der Waals surface area contributed by atoms with Crippen molar-refractivity contribution in [3.05, 3.63) is 25.9 Å². The highest BCUT2D eigenvalue weighted by Crippen LogP contribution is 2.48. The Hall–Kier alpha value is -0.410. The zero-order chi connectivity index (χ0) is 18.4. The second-order valence-electron chi connectivity index (χ2n) is 4.28. The van der Waals surface area contributed by atoms with E-state index in [1.807, 2.05) is 0 Å². The summed E-state index contributed by atoms with van der Waals surface area (Å²) in [5, 5.41) is -1.60. The molecule has 0 saturated heterocycles. The van der Waals surface area contributed by atoms with Gasteiger partial charge < -0.3 is 4.84 Å². The summed E-state index contributed by atoms with van der Waals surface area (Å²) in [5.41, 5.74) is -1.01. The van der Waals surface area contributed by atoms with Gasteiger partial charge in [-0.15, -0.1) is 11.6 Å². The lowest BCUT2D eigenvalue weighted by molar-refractivity contribution is -0.295. The molecule has 0 aliphatic heterocycles. The van der Waals surface area contributed by atoms with Crippen LogP contribution in [-0.2, 0) is 5.92 Å². The number of alkyl halides is 6. The molecule has 0 bridgehead atoms. The van der Waals surface area contributed by atoms with Gasteiger partial charge in [0.2, 0.25) is 5.82 Å². The largest absolute Gasteiger partial charge is 0.461 e. The van der Waals surface area contributed by atoms with Crippen molar-refractivity contribution < 1.29 is 26.8 Å². The maximum atomic E-state index is 13.8. The number of imidazole rings is 1. The topological polar surface area (TPSA) is 27.1 Å². The van der Waals surface area contributed by atoms with Crippen LogP contribution in [0.5, 0.6) is 0 Å². The molecule has 3 nitrogen and oxygen atoms in total. The van der Waals surface area contributed by atoms with Crippen molar-refractivity contribution in [3.63, 3.8) is 0 Å². The van der Waals surface area contributed by atoms with Crippen molar-refractivity contribution in [1.29, 1.82) is 0 Å². The third kappa shape index (κ3) is 3.07. The quantitative estimate of drug-likeness (QED) is 0.247. The molecule has 0 radical (unpaired) electrons. The molecule has 134 valence electrons. The van der Waals surface area contributed by atoms with Crippen molar-refractivity contribution in [2.24, 2.45) is 0 Å². The first kappa shape index (κ1) is 19.9. The molecule has 0 amide bonds. The third-order valence-corrected chi connectivity index (χ3v) is 4.70. The van der Waals surface area contributed by atoms with Gasteiger partial charge in [-0.1, -0.05) is 46.4 Å². The van der Waals surface area contributed by atoms with Crippen LogP contribution in [0.15, 0.2) is 0 Å². The molecule has 1 aromatic heterocycles. The number of benzene rings is 1. The highest BCUT2D eigenvalue weighted by molar-refractivity contribution is 6.55. The lowest BCUT2D eigenvalue weighted by Gasteiger charge is -2.20. The van der Waals surface area contributed by atoms with E-state index >= 15 is 0 Å². The predicted octanol–water partition coefficient (Wildman–Crippen LogP) is 5.97. The Bertz CT molecular complexity index is 792. The summed E-state index contributed by atoms with van der Waals surface area (Å²) in [5.74, 6) is -7.34. The fourth-order valence-electron chi connectivity index (χ4n) is 1.73. The molecule has 0 N–H and O–H groups in total. The van der Waals surface area contributed by atoms with Crippen LogP contribution in [-0.4, -0.2) is 28.4 Å². The van der Waals surface area contributed by atoms with E-state index in [1.165, 1.54) is 0 Å². The average Bonchev–Trinajstić information content (AvgIpc) is 2.87. The fourth-order valence-corrected chi connectivity index (χ4v) is 2.75. The first-order chi connectivity index (χ1) is 10.9. The predicted molar refractivity (Wildman–Crippen MR) is 81.9 cm³/mol. The van der Waals surface area contributed by atoms with E-state index in [9.17, 15) is 22.0 Å². The molecular formula is C11H4Cl5F5N2O. The van der Waals surface area contributed by atoms with E-state index in [1.54, 1.807) is 0 Å². The minimum absolute atomic E-state index is 0.113. The molecular weight excluding hydrogens is 448 g/mol. The molecule has 1 aromatic carbocycles. The van der Waals surface area contributed by atoms with Gasteiger partial charge in [0.15, 0.2) is 0 Å². The van der Waals surface area contributed by atoms with Crippen LogP contribution in [0, 0.1) is 0 Å². The first-order valence-electron chi connectivity index (χ1n) is 5.83. The number of nitrogens with zero attached hydrogens (tertiary/aromatic N) is 2. The van der Waals surface area contributed by atoms with Crippen molar-refractivity contribution >= 4 is 69.0 Å². The molecule has 0 unspecified atom stereocenters. The van der Waals surface area contributed by atoms with Crippen molar-refractivity contribution in [2.45, 2.75) is 12.1 Å². The fraction of sp³-hybridized carbons (Fsp3) is 0.364. The van der Waals surface area contributed by atoms with Gasteiger partial charge in [-0.05, 0) is 0 Å². The van der Waals surface area contributed by atoms with Gasteiger partial charge in [-0.25, -0.2) is 4.98 Å². The average molecular weight is 452 g/mol. The Morgan fingerprint density at radius 2 is 1.46 bits per heavy atom. The molecule has 24 heavy (non-hydrogen) atoms. The molecule has 0 aliphatic rings. The molecule has 0 saturated carbocycles. The van der Waals surface area contributed by atoms with E-state index in [2.05, 4.69) is 4.98 Å². The zero-order valence-corrected chi connectivity index (χ0v) is 14.8. The van der Waals surface area contributed by atoms with Crippen LogP contribution in [0.25, 0.3) is 11.0 Å². The highest BCUT2D eigenvalue weighted by atomic mass is 35.5. The smallest absolute Gasteiger partial charge is 0.410 e. The van der Waals surface area contributed by atoms with E-state index in [-0.39, 0.29) is 20.7 Å². The number of halogens is 10. The third-order valence-electron chi connectivity index (χ3n) is 2.77. The lowest BCUT2D eigenvalue weighted by Crippen LogP contribution is -2.37. The van der Waals surface area contributed by atoms with Gasteiger partial charge in [-0.3, -0.25) is 0 Å². The first-order valence-corrected chi connectivity index (χ1v) is 7.88. The molecule has 0 fully saturated rings. The molecule has 2 rings (SSSR count). The summed E-state index contributed by atoms with van der Waals surface area (Å²) in [6.45, 7) is -0.415. The number of hydrogen-bond donors (Lipinski definition) is 0. The number of aromatic nitrogens is 2. The number of fused-ring (bicyclic) bond motifs is 1. The monoisotopic (exact) mass is 450 g/mol. The Morgan fingerprint density at radius 3 is 1.96 bits per heavy atom. The minimum Gasteiger partial charge on any atom is -0.410 e. The summed E-state index contributed by atoms with van der Waals surface area (Å²) < 4.78 is 65.8. The van der Waals surface area contributed by atoms with Crippen LogP contribution in [0.2, 0.25) is 20.1 Å². The van der Waals surface area contributed by atoms with Gasteiger partial charge in [-0.2, -0.15) is 26.7 Å². The standard InChI is InChI=1S/C11H4Cl5F5N2O/c12-1-2-24-23-8-6(16)4(14)3(13)5(15)7(8)22-9(23)10(17,18)11(19,20)21/h1-2H2. The van der Waals surface area contributed by atoms with Gasteiger partial charge in [0.1, 0.15) is 17.6 Å². The van der Waals surface area contributed by atoms with Gasteiger partial charge in [0.05, 0.1) is 26.0 Å². The Labute approximate surface area is 156 Å². The summed E-state index contributed by atoms with van der Waals surface area (Å²) in [6.07, 6.45) is -5.94. The van der Waals surface area contributed by atoms with Crippen LogP contribution >= 0.6 is 58.0 Å². The maximum Gasteiger partial charge on any atom is 0.461 e. The van der Waals surface area contributed by atoms with Gasteiger partial charge >= 0.3 is 12.1 Å². The van der Waals surface area contributed by atoms with Gasteiger partial charge in [0.25, 0.3) is 0 Å². The van der Waals surface area contributed by atoms with Crippen molar-refractivity contribution in [3.8, 4) is 0 Å². The molecule has 2 aromatic rings. The maximum absolute atomic E-state index is 13.8. The zero-order valence-electron chi connectivity index (χ0n) is 11.0. The summed E-state index contributed by atoms with van der Waals surface area (Å²) in [4.78, 5) is 8.08. The van der Waals surface area contributed by atoms with Crippen LogP contribution in [0.1, 0.15) is 5.82 Å². The number of hydrogen-bond acceptors (Lipinski definition) is 2. The second-order valence-corrected chi connectivity index (χ2v) is 6.17. The Morgan fingerprint density at radius 1 is 0.917 bits per heavy atom. The molecule has 0 aliphatic carbocycles. The van der Waals surface area contributed by atoms with Gasteiger partial charge in [0, 0.05) is 0 Å². The van der Waals surface area contributed by atoms with E-state index in [0.29, 0.717) is 0 Å². The lowest BCUT2D eigenvalue weighted by atomic mass is 10.3. The van der Waals surface area contributed by atoms with Crippen LogP contribution < -0.4 is 4.84 Å². The number of rotatable bonds is 4. The molecule has 0 atom stereocenters. The van der Waals surface area contributed by atoms with E-state index in [4.69, 9.17) is 62.8 Å². The van der Waals surface area contributed by atoms with Crippen molar-refractivity contribution in [2.75, 3.05) is 12.5 Å². The second kappa shape index (κ2) is 6.72. The summed E-state index contributed by atoms with van der Waals surface area (Å²) >= 11 is 28.7. The molecule has 0 spiro atoms. The van der Waals surface area contributed by atoms with Crippen molar-refractivity contribution in [1.82, 2.24) is 9.71 Å². The Balaban J connectivity index is 2.91. The Kier molecular flexibility index (Phi) is 5.57.